The Morgan fingerprint density at radius 3 is 3.04 bits per heavy atom. The molecule has 3 rings (SSSR count). The Morgan fingerprint density at radius 1 is 1.50 bits per heavy atom. The van der Waals surface area contributed by atoms with Gasteiger partial charge in [0.2, 0.25) is 0 Å². The summed E-state index contributed by atoms with van der Waals surface area (Å²) in [6.45, 7) is 5.95. The molecule has 2 saturated heterocycles. The summed E-state index contributed by atoms with van der Waals surface area (Å²) in [6, 6.07) is 0. The van der Waals surface area contributed by atoms with Gasteiger partial charge in [-0.25, -0.2) is 4.98 Å². The van der Waals surface area contributed by atoms with Gasteiger partial charge in [-0.05, 0) is 19.3 Å². The lowest BCUT2D eigenvalue weighted by molar-refractivity contribution is 0.181. The van der Waals surface area contributed by atoms with Crippen molar-refractivity contribution >= 4 is 22.4 Å². The Hall–Kier alpha value is -1.34. The molecule has 134 valence electrons. The molecule has 0 aromatic carbocycles. The van der Waals surface area contributed by atoms with Crippen LogP contribution >= 0.6 is 11.3 Å². The molecule has 0 aliphatic carbocycles. The molecule has 7 heteroatoms. The maximum atomic E-state index is 5.46. The number of aliphatic imine (C=N–C) groups is 1. The lowest BCUT2D eigenvalue weighted by Gasteiger charge is -2.24. The van der Waals surface area contributed by atoms with Gasteiger partial charge in [0.1, 0.15) is 0 Å². The topological polar surface area (TPSA) is 53.0 Å². The number of anilines is 1. The molecule has 0 radical (unpaired) electrons. The molecule has 1 unspecified atom stereocenters. The minimum absolute atomic E-state index is 0.620. The fourth-order valence-electron chi connectivity index (χ4n) is 3.35. The number of nitrogens with zero attached hydrogens (tertiary/aromatic N) is 4. The monoisotopic (exact) mass is 351 g/mol. The molecule has 24 heavy (non-hydrogen) atoms. The van der Waals surface area contributed by atoms with Crippen LogP contribution in [-0.2, 0) is 11.2 Å². The number of aromatic nitrogens is 1. The molecule has 0 saturated carbocycles. The van der Waals surface area contributed by atoms with Gasteiger partial charge in [0.05, 0.1) is 12.3 Å². The van der Waals surface area contributed by atoms with Crippen molar-refractivity contribution in [2.24, 2.45) is 10.9 Å². The molecule has 6 nitrogen and oxygen atoms in total. The number of rotatable bonds is 6. The van der Waals surface area contributed by atoms with E-state index in [9.17, 15) is 0 Å². The van der Waals surface area contributed by atoms with E-state index < -0.39 is 0 Å². The van der Waals surface area contributed by atoms with E-state index in [0.29, 0.717) is 5.92 Å². The molecule has 0 spiro atoms. The Morgan fingerprint density at radius 2 is 2.33 bits per heavy atom. The first-order valence-corrected chi connectivity index (χ1v) is 9.83. The third-order valence-electron chi connectivity index (χ3n) is 4.71. The van der Waals surface area contributed by atoms with Crippen molar-refractivity contribution in [3.05, 3.63) is 11.1 Å². The highest BCUT2D eigenvalue weighted by Gasteiger charge is 2.19. The van der Waals surface area contributed by atoms with Gasteiger partial charge in [-0.2, -0.15) is 0 Å². The Labute approximate surface area is 148 Å². The summed E-state index contributed by atoms with van der Waals surface area (Å²) < 4.78 is 5.46. The zero-order chi connectivity index (χ0) is 16.8. The predicted molar refractivity (Wildman–Crippen MR) is 100 cm³/mol. The predicted octanol–water partition coefficient (Wildman–Crippen LogP) is 1.83. The third kappa shape index (κ3) is 4.60. The number of hydrogen-bond acceptors (Lipinski definition) is 5. The van der Waals surface area contributed by atoms with Crippen molar-refractivity contribution in [2.75, 3.05) is 58.4 Å². The second-order valence-corrected chi connectivity index (χ2v) is 7.49. The van der Waals surface area contributed by atoms with E-state index in [1.54, 1.807) is 11.3 Å². The van der Waals surface area contributed by atoms with E-state index in [4.69, 9.17) is 9.72 Å². The minimum Gasteiger partial charge on any atom is -0.381 e. The maximum absolute atomic E-state index is 5.46. The second kappa shape index (κ2) is 8.67. The van der Waals surface area contributed by atoms with Crippen molar-refractivity contribution in [1.82, 2.24) is 15.2 Å². The van der Waals surface area contributed by atoms with Crippen LogP contribution in [0.2, 0.25) is 0 Å². The maximum Gasteiger partial charge on any atom is 0.193 e. The first-order valence-electron chi connectivity index (χ1n) is 8.95. The fraction of sp³-hybridized carbons (Fsp3) is 0.765. The van der Waals surface area contributed by atoms with Gasteiger partial charge in [-0.15, -0.1) is 11.3 Å². The van der Waals surface area contributed by atoms with Crippen LogP contribution in [0.3, 0.4) is 0 Å². The fourth-order valence-corrected chi connectivity index (χ4v) is 4.27. The average Bonchev–Trinajstić information content (AvgIpc) is 3.32. The minimum atomic E-state index is 0.620. The van der Waals surface area contributed by atoms with Gasteiger partial charge in [-0.3, -0.25) is 4.99 Å². The standard InChI is InChI=1S/C17H29N5OS/c1-18-16(21(2)11-14-6-10-23-12-14)19-7-5-15-13-24-17(20-15)22-8-3-4-9-22/h13-14H,3-12H2,1-2H3,(H,18,19). The summed E-state index contributed by atoms with van der Waals surface area (Å²) in [5.41, 5.74) is 1.18. The van der Waals surface area contributed by atoms with Crippen LogP contribution in [0, 0.1) is 5.92 Å². The van der Waals surface area contributed by atoms with Crippen LogP contribution in [0.4, 0.5) is 5.13 Å². The molecular weight excluding hydrogens is 322 g/mol. The summed E-state index contributed by atoms with van der Waals surface area (Å²) in [4.78, 5) is 13.8. The molecule has 3 heterocycles. The number of guanidine groups is 1. The van der Waals surface area contributed by atoms with Crippen molar-refractivity contribution in [3.8, 4) is 0 Å². The van der Waals surface area contributed by atoms with Crippen LogP contribution in [0.15, 0.2) is 10.4 Å². The highest BCUT2D eigenvalue weighted by atomic mass is 32.1. The smallest absolute Gasteiger partial charge is 0.193 e. The number of thiazole rings is 1. The van der Waals surface area contributed by atoms with Crippen molar-refractivity contribution in [1.29, 1.82) is 0 Å². The van der Waals surface area contributed by atoms with E-state index in [1.165, 1.54) is 23.7 Å². The number of ether oxygens (including phenoxy) is 1. The van der Waals surface area contributed by atoms with Crippen molar-refractivity contribution < 1.29 is 4.74 Å². The normalized spacial score (nSPS) is 21.5. The van der Waals surface area contributed by atoms with E-state index in [1.807, 2.05) is 7.05 Å². The molecule has 0 amide bonds. The zero-order valence-corrected chi connectivity index (χ0v) is 15.6. The number of hydrogen-bond donors (Lipinski definition) is 1. The van der Waals surface area contributed by atoms with Gasteiger partial charge in [0.25, 0.3) is 0 Å². The first-order chi connectivity index (χ1) is 11.8. The van der Waals surface area contributed by atoms with Crippen molar-refractivity contribution in [3.63, 3.8) is 0 Å². The Balaban J connectivity index is 1.42. The van der Waals surface area contributed by atoms with Crippen LogP contribution in [-0.4, -0.2) is 69.3 Å². The summed E-state index contributed by atoms with van der Waals surface area (Å²) in [6.07, 6.45) is 4.68. The second-order valence-electron chi connectivity index (χ2n) is 6.65. The molecule has 2 aliphatic heterocycles. The van der Waals surface area contributed by atoms with E-state index >= 15 is 0 Å². The summed E-state index contributed by atoms with van der Waals surface area (Å²) in [5, 5.41) is 6.83. The van der Waals surface area contributed by atoms with E-state index in [-0.39, 0.29) is 0 Å². The molecule has 2 fully saturated rings. The average molecular weight is 352 g/mol. The summed E-state index contributed by atoms with van der Waals surface area (Å²) in [7, 11) is 3.94. The van der Waals surface area contributed by atoms with Crippen LogP contribution in [0.5, 0.6) is 0 Å². The van der Waals surface area contributed by atoms with Gasteiger partial charge in [-0.1, -0.05) is 0 Å². The van der Waals surface area contributed by atoms with Gasteiger partial charge in [0, 0.05) is 64.6 Å². The third-order valence-corrected chi connectivity index (χ3v) is 5.66. The molecular formula is C17H29N5OS. The van der Waals surface area contributed by atoms with Crippen LogP contribution < -0.4 is 10.2 Å². The molecule has 0 bridgehead atoms. The first kappa shape index (κ1) is 17.5. The molecule has 1 aromatic rings. The molecule has 1 atom stereocenters. The van der Waals surface area contributed by atoms with Crippen LogP contribution in [0.25, 0.3) is 0 Å². The Kier molecular flexibility index (Phi) is 6.31. The summed E-state index contributed by atoms with van der Waals surface area (Å²) in [5.74, 6) is 1.58. The van der Waals surface area contributed by atoms with E-state index in [2.05, 4.69) is 32.5 Å². The SMILES string of the molecule is CN=C(NCCc1csc(N2CCCC2)n1)N(C)CC1CCOC1. The lowest BCUT2D eigenvalue weighted by atomic mass is 10.1. The quantitative estimate of drug-likeness (QED) is 0.626. The highest BCUT2D eigenvalue weighted by Crippen LogP contribution is 2.24. The van der Waals surface area contributed by atoms with Crippen LogP contribution in [0.1, 0.15) is 25.0 Å². The highest BCUT2D eigenvalue weighted by molar-refractivity contribution is 7.13. The largest absolute Gasteiger partial charge is 0.381 e. The molecule has 1 N–H and O–H groups in total. The summed E-state index contributed by atoms with van der Waals surface area (Å²) >= 11 is 1.77. The zero-order valence-electron chi connectivity index (χ0n) is 14.8. The molecule has 2 aliphatic rings. The van der Waals surface area contributed by atoms with E-state index in [0.717, 1.165) is 58.2 Å². The lowest BCUT2D eigenvalue weighted by Crippen LogP contribution is -2.42. The van der Waals surface area contributed by atoms with Gasteiger partial charge >= 0.3 is 0 Å². The van der Waals surface area contributed by atoms with Gasteiger partial charge < -0.3 is 19.9 Å². The number of nitrogens with one attached hydrogen (secondary N) is 1. The molecule has 1 aromatic heterocycles. The van der Waals surface area contributed by atoms with Gasteiger partial charge in [0.15, 0.2) is 11.1 Å². The van der Waals surface area contributed by atoms with Crippen molar-refractivity contribution in [2.45, 2.75) is 25.7 Å². The Bertz CT molecular complexity index is 535.